The smallest absolute Gasteiger partial charge is 0.366 e. The number of oxime groups is 2. The van der Waals surface area contributed by atoms with E-state index in [9.17, 15) is 9.59 Å². The molecule has 26 heavy (non-hydrogen) atoms. The number of nitrogens with zero attached hydrogens (tertiary/aromatic N) is 4. The molecule has 0 spiro atoms. The summed E-state index contributed by atoms with van der Waals surface area (Å²) in [6, 6.07) is 5.48. The zero-order valence-corrected chi connectivity index (χ0v) is 13.2. The van der Waals surface area contributed by atoms with Crippen LogP contribution in [0.15, 0.2) is 44.6 Å². The van der Waals surface area contributed by atoms with E-state index in [1.807, 2.05) is 0 Å². The predicted octanol–water partition coefficient (Wildman–Crippen LogP) is -2.99. The van der Waals surface area contributed by atoms with Gasteiger partial charge < -0.3 is 44.1 Å². The first-order chi connectivity index (χ1) is 12.2. The number of carbonyl (C=O) groups excluding carboxylic acids is 2. The van der Waals surface area contributed by atoms with Crippen molar-refractivity contribution in [1.82, 2.24) is 0 Å². The lowest BCUT2D eigenvalue weighted by molar-refractivity contribution is 0.0468. The lowest BCUT2D eigenvalue weighted by Crippen LogP contribution is -2.26. The number of benzene rings is 1. The van der Waals surface area contributed by atoms with Gasteiger partial charge in [0.25, 0.3) is 11.9 Å². The molecule has 0 saturated carbocycles. The number of hydrogen-bond acceptors (Lipinski definition) is 6. The van der Waals surface area contributed by atoms with Gasteiger partial charge in [-0.3, -0.25) is 0 Å². The summed E-state index contributed by atoms with van der Waals surface area (Å²) in [5, 5.41) is 6.40. The predicted molar refractivity (Wildman–Crippen MR) is 92.1 cm³/mol. The molecule has 14 heteroatoms. The van der Waals surface area contributed by atoms with E-state index in [1.165, 1.54) is 24.3 Å². The summed E-state index contributed by atoms with van der Waals surface area (Å²) in [4.78, 5) is 39.8. The molecule has 138 valence electrons. The zero-order chi connectivity index (χ0) is 19.7. The van der Waals surface area contributed by atoms with E-state index >= 15 is 0 Å². The SMILES string of the molecule is NC(N)=NC(N)=NOC(=O)c1ccccc1C(=O)ON=C(N)N=C(N)N. The summed E-state index contributed by atoms with van der Waals surface area (Å²) in [7, 11) is 0. The van der Waals surface area contributed by atoms with Gasteiger partial charge in [-0.2, -0.15) is 9.98 Å². The number of rotatable bonds is 4. The summed E-state index contributed by atoms with van der Waals surface area (Å²) in [6.07, 6.45) is 0. The number of nitrogens with two attached hydrogens (primary N) is 6. The molecule has 1 aromatic rings. The van der Waals surface area contributed by atoms with Gasteiger partial charge in [-0.05, 0) is 22.4 Å². The Morgan fingerprint density at radius 2 is 1.04 bits per heavy atom. The van der Waals surface area contributed by atoms with E-state index in [2.05, 4.69) is 30.0 Å². The van der Waals surface area contributed by atoms with Crippen LogP contribution in [0, 0.1) is 0 Å². The Bertz CT molecular complexity index is 739. The van der Waals surface area contributed by atoms with E-state index in [0.29, 0.717) is 0 Å². The molecule has 14 nitrogen and oxygen atoms in total. The summed E-state index contributed by atoms with van der Waals surface area (Å²) < 4.78 is 0. The molecular formula is C12H16N10O4. The minimum atomic E-state index is -1.03. The maximum atomic E-state index is 12.0. The van der Waals surface area contributed by atoms with Crippen molar-refractivity contribution in [1.29, 1.82) is 0 Å². The van der Waals surface area contributed by atoms with E-state index in [4.69, 9.17) is 34.4 Å². The van der Waals surface area contributed by atoms with Crippen LogP contribution in [0.4, 0.5) is 0 Å². The number of guanidine groups is 4. The average Bonchev–Trinajstić information content (AvgIpc) is 2.56. The number of aliphatic imine (C=N–C) groups is 2. The monoisotopic (exact) mass is 364 g/mol. The van der Waals surface area contributed by atoms with E-state index < -0.39 is 23.9 Å². The molecule has 0 aliphatic rings. The van der Waals surface area contributed by atoms with Crippen LogP contribution in [-0.4, -0.2) is 35.8 Å². The van der Waals surface area contributed by atoms with Gasteiger partial charge in [0.05, 0.1) is 11.1 Å². The highest BCUT2D eigenvalue weighted by atomic mass is 16.7. The summed E-state index contributed by atoms with van der Waals surface area (Å²) in [5.41, 5.74) is 30.5. The zero-order valence-electron chi connectivity index (χ0n) is 13.2. The summed E-state index contributed by atoms with van der Waals surface area (Å²) in [5.74, 6) is -3.86. The second-order valence-corrected chi connectivity index (χ2v) is 4.28. The lowest BCUT2D eigenvalue weighted by atomic mass is 10.1. The largest absolute Gasteiger partial charge is 0.370 e. The molecule has 0 saturated heterocycles. The van der Waals surface area contributed by atoms with Gasteiger partial charge in [-0.25, -0.2) is 9.59 Å². The van der Waals surface area contributed by atoms with Crippen molar-refractivity contribution < 1.29 is 19.3 Å². The maximum absolute atomic E-state index is 12.0. The van der Waals surface area contributed by atoms with Crippen LogP contribution in [0.25, 0.3) is 0 Å². The van der Waals surface area contributed by atoms with Gasteiger partial charge in [0, 0.05) is 0 Å². The van der Waals surface area contributed by atoms with Gasteiger partial charge in [-0.1, -0.05) is 12.1 Å². The van der Waals surface area contributed by atoms with Crippen molar-refractivity contribution in [2.45, 2.75) is 0 Å². The van der Waals surface area contributed by atoms with E-state index in [1.54, 1.807) is 0 Å². The van der Waals surface area contributed by atoms with Crippen LogP contribution in [0.2, 0.25) is 0 Å². The molecule has 0 fully saturated rings. The molecule has 0 aliphatic heterocycles. The fourth-order valence-corrected chi connectivity index (χ4v) is 1.42. The van der Waals surface area contributed by atoms with Gasteiger partial charge in [-0.15, -0.1) is 0 Å². The summed E-state index contributed by atoms with van der Waals surface area (Å²) in [6.45, 7) is 0. The van der Waals surface area contributed by atoms with Crippen molar-refractivity contribution in [3.05, 3.63) is 35.4 Å². The molecule has 0 atom stereocenters. The van der Waals surface area contributed by atoms with Crippen LogP contribution in [0.1, 0.15) is 20.7 Å². The first-order valence-electron chi connectivity index (χ1n) is 6.58. The highest BCUT2D eigenvalue weighted by Gasteiger charge is 2.20. The minimum Gasteiger partial charge on any atom is -0.370 e. The highest BCUT2D eigenvalue weighted by Crippen LogP contribution is 2.12. The van der Waals surface area contributed by atoms with Gasteiger partial charge in [0.2, 0.25) is 0 Å². The molecule has 0 amide bonds. The van der Waals surface area contributed by atoms with E-state index in [0.717, 1.165) is 0 Å². The normalized spacial score (nSPS) is 11.2. The van der Waals surface area contributed by atoms with Crippen molar-refractivity contribution in [2.24, 2.45) is 54.7 Å². The van der Waals surface area contributed by atoms with Crippen molar-refractivity contribution in [3.8, 4) is 0 Å². The third-order valence-electron chi connectivity index (χ3n) is 2.30. The molecule has 0 aromatic heterocycles. The van der Waals surface area contributed by atoms with Gasteiger partial charge in [0.1, 0.15) is 0 Å². The molecule has 0 unspecified atom stereocenters. The average molecular weight is 364 g/mol. The van der Waals surface area contributed by atoms with Crippen LogP contribution in [0.3, 0.4) is 0 Å². The quantitative estimate of drug-likeness (QED) is 0.136. The first kappa shape index (κ1) is 19.7. The van der Waals surface area contributed by atoms with Crippen molar-refractivity contribution in [3.63, 3.8) is 0 Å². The Hall–Kier alpha value is -4.36. The van der Waals surface area contributed by atoms with Crippen LogP contribution < -0.4 is 34.4 Å². The third kappa shape index (κ3) is 6.41. The first-order valence-corrected chi connectivity index (χ1v) is 6.58. The second-order valence-electron chi connectivity index (χ2n) is 4.28. The Morgan fingerprint density at radius 1 is 0.692 bits per heavy atom. The van der Waals surface area contributed by atoms with Crippen LogP contribution in [-0.2, 0) is 9.68 Å². The second kappa shape index (κ2) is 9.06. The number of carbonyl (C=O) groups is 2. The Labute approximate surface area is 146 Å². The molecular weight excluding hydrogens is 348 g/mol. The topological polar surface area (TPSA) is 258 Å². The molecule has 0 bridgehead atoms. The van der Waals surface area contributed by atoms with E-state index in [-0.39, 0.29) is 23.0 Å². The Balaban J connectivity index is 2.97. The lowest BCUT2D eigenvalue weighted by Gasteiger charge is -2.04. The molecule has 1 rings (SSSR count). The summed E-state index contributed by atoms with van der Waals surface area (Å²) >= 11 is 0. The molecule has 12 N–H and O–H groups in total. The van der Waals surface area contributed by atoms with Crippen LogP contribution >= 0.6 is 0 Å². The molecule has 0 radical (unpaired) electrons. The minimum absolute atomic E-state index is 0.200. The Kier molecular flexibility index (Phi) is 6.86. The molecule has 0 heterocycles. The fourth-order valence-electron chi connectivity index (χ4n) is 1.42. The Morgan fingerprint density at radius 3 is 1.35 bits per heavy atom. The maximum Gasteiger partial charge on any atom is 0.366 e. The number of hydrogen-bond donors (Lipinski definition) is 6. The highest BCUT2D eigenvalue weighted by molar-refractivity contribution is 6.03. The van der Waals surface area contributed by atoms with Gasteiger partial charge >= 0.3 is 11.9 Å². The molecule has 1 aromatic carbocycles. The van der Waals surface area contributed by atoms with Crippen molar-refractivity contribution in [2.75, 3.05) is 0 Å². The third-order valence-corrected chi connectivity index (χ3v) is 2.30. The van der Waals surface area contributed by atoms with Crippen LogP contribution in [0.5, 0.6) is 0 Å². The van der Waals surface area contributed by atoms with Crippen molar-refractivity contribution >= 4 is 35.8 Å². The molecule has 0 aliphatic carbocycles. The standard InChI is InChI=1S/C12H16N10O4/c13-9(14)19-11(17)21-25-7(23)5-3-1-2-4-6(5)8(24)26-22-12(18)20-10(15)16/h1-4H,(H6,13,14,17,19,21)(H6,15,16,18,20,22). The van der Waals surface area contributed by atoms with Gasteiger partial charge in [0.15, 0.2) is 11.9 Å². The fraction of sp³-hybridized carbons (Fsp3) is 0.